The SMILES string of the molecule is O=C(Nc1ccc(I)cc1)/C(=C/c1ccc(Br)cc1)NC(=O)c1ccco1. The zero-order valence-corrected chi connectivity index (χ0v) is 17.7. The third-order valence-electron chi connectivity index (χ3n) is 3.52. The first kappa shape index (κ1) is 19.4. The van der Waals surface area contributed by atoms with Gasteiger partial charge in [-0.2, -0.15) is 0 Å². The van der Waals surface area contributed by atoms with E-state index < -0.39 is 11.8 Å². The topological polar surface area (TPSA) is 71.3 Å². The van der Waals surface area contributed by atoms with Gasteiger partial charge >= 0.3 is 0 Å². The van der Waals surface area contributed by atoms with Crippen molar-refractivity contribution in [1.29, 1.82) is 0 Å². The molecule has 2 amide bonds. The molecule has 0 unspecified atom stereocenters. The maximum Gasteiger partial charge on any atom is 0.291 e. The molecule has 0 aliphatic heterocycles. The molecule has 1 heterocycles. The summed E-state index contributed by atoms with van der Waals surface area (Å²) in [5, 5.41) is 5.40. The Balaban J connectivity index is 1.85. The third kappa shape index (κ3) is 5.54. The molecule has 2 aromatic carbocycles. The van der Waals surface area contributed by atoms with Gasteiger partial charge in [-0.15, -0.1) is 0 Å². The molecule has 0 atom stereocenters. The first-order valence-electron chi connectivity index (χ1n) is 7.90. The highest BCUT2D eigenvalue weighted by atomic mass is 127. The highest BCUT2D eigenvalue weighted by Crippen LogP contribution is 2.15. The van der Waals surface area contributed by atoms with Crippen LogP contribution in [-0.2, 0) is 4.79 Å². The van der Waals surface area contributed by atoms with E-state index in [1.54, 1.807) is 24.3 Å². The predicted molar refractivity (Wildman–Crippen MR) is 116 cm³/mol. The van der Waals surface area contributed by atoms with Crippen LogP contribution < -0.4 is 10.6 Å². The molecule has 0 bridgehead atoms. The summed E-state index contributed by atoms with van der Waals surface area (Å²) in [4.78, 5) is 25.1. The third-order valence-corrected chi connectivity index (χ3v) is 4.77. The van der Waals surface area contributed by atoms with Gasteiger partial charge in [0.05, 0.1) is 6.26 Å². The monoisotopic (exact) mass is 536 g/mol. The van der Waals surface area contributed by atoms with Crippen LogP contribution in [0.1, 0.15) is 16.1 Å². The standard InChI is InChI=1S/C20H14BrIN2O3/c21-14-5-3-13(4-6-14)12-17(24-20(26)18-2-1-11-27-18)19(25)23-16-9-7-15(22)8-10-16/h1-12H,(H,23,25)(H,24,26)/b17-12-. The zero-order valence-electron chi connectivity index (χ0n) is 13.9. The van der Waals surface area contributed by atoms with Crippen LogP contribution in [0.15, 0.2) is 81.5 Å². The molecule has 0 saturated carbocycles. The second-order valence-corrected chi connectivity index (χ2v) is 7.66. The second kappa shape index (κ2) is 9.01. The molecule has 1 aromatic heterocycles. The fourth-order valence-electron chi connectivity index (χ4n) is 2.21. The van der Waals surface area contributed by atoms with Crippen molar-refractivity contribution in [3.05, 3.63) is 92.0 Å². The molecule has 0 saturated heterocycles. The van der Waals surface area contributed by atoms with E-state index in [0.29, 0.717) is 5.69 Å². The van der Waals surface area contributed by atoms with Crippen molar-refractivity contribution in [1.82, 2.24) is 5.32 Å². The Bertz CT molecular complexity index is 965. The molecule has 0 radical (unpaired) electrons. The van der Waals surface area contributed by atoms with Gasteiger partial charge in [-0.05, 0) is 82.8 Å². The molecule has 0 fully saturated rings. The minimum atomic E-state index is -0.499. The number of nitrogens with one attached hydrogen (secondary N) is 2. The molecule has 0 aliphatic carbocycles. The van der Waals surface area contributed by atoms with Crippen molar-refractivity contribution >= 4 is 62.1 Å². The van der Waals surface area contributed by atoms with E-state index in [1.165, 1.54) is 12.3 Å². The quantitative estimate of drug-likeness (QED) is 0.354. The van der Waals surface area contributed by atoms with Gasteiger partial charge in [-0.1, -0.05) is 28.1 Å². The van der Waals surface area contributed by atoms with Crippen LogP contribution in [0.4, 0.5) is 5.69 Å². The lowest BCUT2D eigenvalue weighted by Crippen LogP contribution is -2.30. The summed E-state index contributed by atoms with van der Waals surface area (Å²) in [5.41, 5.74) is 1.51. The Kier molecular flexibility index (Phi) is 6.46. The smallest absolute Gasteiger partial charge is 0.291 e. The van der Waals surface area contributed by atoms with E-state index in [-0.39, 0.29) is 11.5 Å². The molecular weight excluding hydrogens is 523 g/mol. The molecule has 2 N–H and O–H groups in total. The number of furan rings is 1. The van der Waals surface area contributed by atoms with E-state index in [0.717, 1.165) is 13.6 Å². The molecule has 136 valence electrons. The molecule has 5 nitrogen and oxygen atoms in total. The minimum absolute atomic E-state index is 0.109. The van der Waals surface area contributed by atoms with Gasteiger partial charge in [-0.3, -0.25) is 9.59 Å². The molecule has 7 heteroatoms. The van der Waals surface area contributed by atoms with Crippen LogP contribution in [0.25, 0.3) is 6.08 Å². The van der Waals surface area contributed by atoms with Crippen molar-refractivity contribution in [2.24, 2.45) is 0 Å². The van der Waals surface area contributed by atoms with Gasteiger partial charge in [0.15, 0.2) is 5.76 Å². The van der Waals surface area contributed by atoms with Crippen molar-refractivity contribution in [3.63, 3.8) is 0 Å². The predicted octanol–water partition coefficient (Wildman–Crippen LogP) is 5.06. The molecule has 3 aromatic rings. The van der Waals surface area contributed by atoms with E-state index in [1.807, 2.05) is 36.4 Å². The van der Waals surface area contributed by atoms with Crippen LogP contribution in [0, 0.1) is 3.57 Å². The summed E-state index contributed by atoms with van der Waals surface area (Å²) in [6.07, 6.45) is 3.01. The summed E-state index contributed by atoms with van der Waals surface area (Å²) >= 11 is 5.56. The Morgan fingerprint density at radius 3 is 2.33 bits per heavy atom. The van der Waals surface area contributed by atoms with Crippen molar-refractivity contribution < 1.29 is 14.0 Å². The van der Waals surface area contributed by atoms with Crippen LogP contribution in [0.5, 0.6) is 0 Å². The van der Waals surface area contributed by atoms with Gasteiger partial charge in [0, 0.05) is 13.7 Å². The average Bonchev–Trinajstić information content (AvgIpc) is 3.19. The van der Waals surface area contributed by atoms with Crippen molar-refractivity contribution in [2.75, 3.05) is 5.32 Å². The molecule has 0 aliphatic rings. The number of amides is 2. The van der Waals surface area contributed by atoms with Crippen molar-refractivity contribution in [2.45, 2.75) is 0 Å². The summed E-state index contributed by atoms with van der Waals surface area (Å²) in [7, 11) is 0. The number of rotatable bonds is 5. The summed E-state index contributed by atoms with van der Waals surface area (Å²) < 4.78 is 7.07. The largest absolute Gasteiger partial charge is 0.459 e. The fraction of sp³-hybridized carbons (Fsp3) is 0. The maximum absolute atomic E-state index is 12.7. The number of carbonyl (C=O) groups is 2. The first-order chi connectivity index (χ1) is 13.0. The Morgan fingerprint density at radius 1 is 1.00 bits per heavy atom. The highest BCUT2D eigenvalue weighted by molar-refractivity contribution is 14.1. The normalized spacial score (nSPS) is 11.1. The average molecular weight is 537 g/mol. The van der Waals surface area contributed by atoms with Crippen LogP contribution in [-0.4, -0.2) is 11.8 Å². The fourth-order valence-corrected chi connectivity index (χ4v) is 2.83. The number of anilines is 1. The summed E-state index contributed by atoms with van der Waals surface area (Å²) in [5.74, 6) is -0.807. The lowest BCUT2D eigenvalue weighted by atomic mass is 10.2. The molecular formula is C20H14BrIN2O3. The Hall–Kier alpha value is -2.39. The second-order valence-electron chi connectivity index (χ2n) is 5.50. The number of halogens is 2. The molecule has 0 spiro atoms. The van der Waals surface area contributed by atoms with Crippen LogP contribution >= 0.6 is 38.5 Å². The minimum Gasteiger partial charge on any atom is -0.459 e. The number of carbonyl (C=O) groups excluding carboxylic acids is 2. The maximum atomic E-state index is 12.7. The summed E-state index contributed by atoms with van der Waals surface area (Å²) in [6.45, 7) is 0. The molecule has 27 heavy (non-hydrogen) atoms. The van der Waals surface area contributed by atoms with Gasteiger partial charge < -0.3 is 15.1 Å². The summed E-state index contributed by atoms with van der Waals surface area (Å²) in [6, 6.07) is 17.9. The van der Waals surface area contributed by atoms with Gasteiger partial charge in [-0.25, -0.2) is 0 Å². The van der Waals surface area contributed by atoms with Gasteiger partial charge in [0.25, 0.3) is 11.8 Å². The van der Waals surface area contributed by atoms with Crippen LogP contribution in [0.2, 0.25) is 0 Å². The highest BCUT2D eigenvalue weighted by Gasteiger charge is 2.16. The van der Waals surface area contributed by atoms with E-state index >= 15 is 0 Å². The first-order valence-corrected chi connectivity index (χ1v) is 9.77. The molecule has 3 rings (SSSR count). The van der Waals surface area contributed by atoms with Gasteiger partial charge in [0.2, 0.25) is 0 Å². The van der Waals surface area contributed by atoms with E-state index in [4.69, 9.17) is 4.42 Å². The van der Waals surface area contributed by atoms with Crippen LogP contribution in [0.3, 0.4) is 0 Å². The Morgan fingerprint density at radius 2 is 1.70 bits per heavy atom. The van der Waals surface area contributed by atoms with E-state index in [2.05, 4.69) is 49.2 Å². The number of hydrogen-bond donors (Lipinski definition) is 2. The zero-order chi connectivity index (χ0) is 19.2. The number of hydrogen-bond acceptors (Lipinski definition) is 3. The number of benzene rings is 2. The lowest BCUT2D eigenvalue weighted by molar-refractivity contribution is -0.113. The van der Waals surface area contributed by atoms with Crippen molar-refractivity contribution in [3.8, 4) is 0 Å². The van der Waals surface area contributed by atoms with E-state index in [9.17, 15) is 9.59 Å². The van der Waals surface area contributed by atoms with Gasteiger partial charge in [0.1, 0.15) is 5.70 Å². The lowest BCUT2D eigenvalue weighted by Gasteiger charge is -2.10. The Labute approximate surface area is 178 Å².